The SMILES string of the molecule is CC1O[C@@H]2CC(=O)O[C@@H]2[C@H]1C(C)(C)C. The van der Waals surface area contributed by atoms with Gasteiger partial charge in [-0.15, -0.1) is 0 Å². The first-order chi connectivity index (χ1) is 6.39. The van der Waals surface area contributed by atoms with E-state index in [4.69, 9.17) is 9.47 Å². The molecule has 3 nitrogen and oxygen atoms in total. The molecule has 2 saturated heterocycles. The Balaban J connectivity index is 2.20. The quantitative estimate of drug-likeness (QED) is 0.556. The molecule has 2 aliphatic rings. The Morgan fingerprint density at radius 3 is 2.57 bits per heavy atom. The van der Waals surface area contributed by atoms with Gasteiger partial charge in [0, 0.05) is 5.92 Å². The Kier molecular flexibility index (Phi) is 2.11. The molecule has 2 heterocycles. The average molecular weight is 198 g/mol. The fourth-order valence-corrected chi connectivity index (χ4v) is 2.81. The van der Waals surface area contributed by atoms with Gasteiger partial charge in [-0.1, -0.05) is 20.8 Å². The van der Waals surface area contributed by atoms with Crippen molar-refractivity contribution in [3.05, 3.63) is 0 Å². The molecule has 0 amide bonds. The highest BCUT2D eigenvalue weighted by atomic mass is 16.6. The van der Waals surface area contributed by atoms with Crippen LogP contribution < -0.4 is 0 Å². The minimum Gasteiger partial charge on any atom is -0.459 e. The molecule has 0 aromatic rings. The lowest BCUT2D eigenvalue weighted by Crippen LogP contribution is -2.36. The highest BCUT2D eigenvalue weighted by Gasteiger charge is 2.53. The predicted octanol–water partition coefficient (Wildman–Crippen LogP) is 1.75. The lowest BCUT2D eigenvalue weighted by Gasteiger charge is -2.32. The van der Waals surface area contributed by atoms with Crippen LogP contribution in [0.2, 0.25) is 0 Å². The Hall–Kier alpha value is -0.570. The van der Waals surface area contributed by atoms with Crippen LogP contribution in [0.25, 0.3) is 0 Å². The Labute approximate surface area is 84.8 Å². The van der Waals surface area contributed by atoms with Gasteiger partial charge in [0.25, 0.3) is 0 Å². The smallest absolute Gasteiger partial charge is 0.308 e. The summed E-state index contributed by atoms with van der Waals surface area (Å²) >= 11 is 0. The summed E-state index contributed by atoms with van der Waals surface area (Å²) in [7, 11) is 0. The van der Waals surface area contributed by atoms with E-state index in [-0.39, 0.29) is 29.7 Å². The fourth-order valence-electron chi connectivity index (χ4n) is 2.81. The maximum absolute atomic E-state index is 11.1. The first-order valence-electron chi connectivity index (χ1n) is 5.24. The topological polar surface area (TPSA) is 35.5 Å². The summed E-state index contributed by atoms with van der Waals surface area (Å²) in [5.74, 6) is 0.208. The lowest BCUT2D eigenvalue weighted by molar-refractivity contribution is -0.144. The minimum absolute atomic E-state index is 0.00160. The van der Waals surface area contributed by atoms with Gasteiger partial charge in [0.15, 0.2) is 0 Å². The summed E-state index contributed by atoms with van der Waals surface area (Å²) in [6, 6.07) is 0. The van der Waals surface area contributed by atoms with Gasteiger partial charge < -0.3 is 9.47 Å². The van der Waals surface area contributed by atoms with Gasteiger partial charge in [-0.3, -0.25) is 4.79 Å². The van der Waals surface area contributed by atoms with E-state index in [1.165, 1.54) is 0 Å². The molecule has 0 aliphatic carbocycles. The highest BCUT2D eigenvalue weighted by Crippen LogP contribution is 2.44. The molecule has 14 heavy (non-hydrogen) atoms. The molecule has 2 aliphatic heterocycles. The summed E-state index contributed by atoms with van der Waals surface area (Å²) in [6.07, 6.45) is 0.610. The van der Waals surface area contributed by atoms with Gasteiger partial charge in [0.2, 0.25) is 0 Å². The van der Waals surface area contributed by atoms with Gasteiger partial charge in [-0.05, 0) is 12.3 Å². The molecule has 2 fully saturated rings. The van der Waals surface area contributed by atoms with E-state index in [1.54, 1.807) is 0 Å². The third-order valence-corrected chi connectivity index (χ3v) is 3.25. The van der Waals surface area contributed by atoms with Crippen molar-refractivity contribution in [1.29, 1.82) is 0 Å². The molecule has 0 radical (unpaired) electrons. The Morgan fingerprint density at radius 1 is 1.36 bits per heavy atom. The van der Waals surface area contributed by atoms with Gasteiger partial charge in [0.1, 0.15) is 12.2 Å². The maximum Gasteiger partial charge on any atom is 0.308 e. The van der Waals surface area contributed by atoms with Crippen molar-refractivity contribution in [1.82, 2.24) is 0 Å². The first kappa shape index (κ1) is 9.97. The van der Waals surface area contributed by atoms with Crippen LogP contribution in [-0.2, 0) is 14.3 Å². The number of esters is 1. The zero-order chi connectivity index (χ0) is 10.5. The van der Waals surface area contributed by atoms with Crippen LogP contribution in [0.1, 0.15) is 34.1 Å². The number of rotatable bonds is 0. The number of hydrogen-bond acceptors (Lipinski definition) is 3. The number of carbonyl (C=O) groups excluding carboxylic acids is 1. The summed E-state index contributed by atoms with van der Waals surface area (Å²) in [5.41, 5.74) is 0.128. The molecule has 3 heteroatoms. The molecule has 4 atom stereocenters. The first-order valence-corrected chi connectivity index (χ1v) is 5.24. The van der Waals surface area contributed by atoms with Crippen LogP contribution in [-0.4, -0.2) is 24.3 Å². The lowest BCUT2D eigenvalue weighted by atomic mass is 9.75. The number of ether oxygens (including phenoxy) is 2. The second-order valence-electron chi connectivity index (χ2n) is 5.43. The predicted molar refractivity (Wildman–Crippen MR) is 51.8 cm³/mol. The summed E-state index contributed by atoms with van der Waals surface area (Å²) in [5, 5.41) is 0. The third kappa shape index (κ3) is 1.44. The molecule has 0 aromatic carbocycles. The van der Waals surface area contributed by atoms with Crippen LogP contribution in [0.3, 0.4) is 0 Å². The number of carbonyl (C=O) groups is 1. The zero-order valence-corrected chi connectivity index (χ0v) is 9.24. The van der Waals surface area contributed by atoms with E-state index in [2.05, 4.69) is 27.7 Å². The van der Waals surface area contributed by atoms with E-state index in [0.29, 0.717) is 12.3 Å². The summed E-state index contributed by atoms with van der Waals surface area (Å²) in [6.45, 7) is 8.59. The second-order valence-corrected chi connectivity index (χ2v) is 5.43. The Morgan fingerprint density at radius 2 is 2.00 bits per heavy atom. The van der Waals surface area contributed by atoms with Crippen molar-refractivity contribution >= 4 is 5.97 Å². The van der Waals surface area contributed by atoms with Gasteiger partial charge in [-0.25, -0.2) is 0 Å². The molecule has 0 spiro atoms. The van der Waals surface area contributed by atoms with Crippen molar-refractivity contribution < 1.29 is 14.3 Å². The van der Waals surface area contributed by atoms with Gasteiger partial charge >= 0.3 is 5.97 Å². The fraction of sp³-hybridized carbons (Fsp3) is 0.909. The van der Waals surface area contributed by atoms with E-state index >= 15 is 0 Å². The maximum atomic E-state index is 11.1. The summed E-state index contributed by atoms with van der Waals surface area (Å²) < 4.78 is 11.1. The molecular formula is C11H18O3. The summed E-state index contributed by atoms with van der Waals surface area (Å²) in [4.78, 5) is 11.1. The Bertz CT molecular complexity index is 254. The average Bonchev–Trinajstić information content (AvgIpc) is 2.38. The van der Waals surface area contributed by atoms with Crippen molar-refractivity contribution in [2.24, 2.45) is 11.3 Å². The molecule has 0 aromatic heterocycles. The van der Waals surface area contributed by atoms with E-state index < -0.39 is 0 Å². The monoisotopic (exact) mass is 198 g/mol. The van der Waals surface area contributed by atoms with Crippen LogP contribution in [0.5, 0.6) is 0 Å². The zero-order valence-electron chi connectivity index (χ0n) is 9.24. The molecule has 0 bridgehead atoms. The largest absolute Gasteiger partial charge is 0.459 e. The molecule has 80 valence electrons. The van der Waals surface area contributed by atoms with Crippen molar-refractivity contribution in [2.75, 3.05) is 0 Å². The van der Waals surface area contributed by atoms with Crippen molar-refractivity contribution in [2.45, 2.75) is 52.4 Å². The van der Waals surface area contributed by atoms with Crippen LogP contribution in [0.4, 0.5) is 0 Å². The normalized spacial score (nSPS) is 42.4. The highest BCUT2D eigenvalue weighted by molar-refractivity contribution is 5.72. The van der Waals surface area contributed by atoms with E-state index in [9.17, 15) is 4.79 Å². The standard InChI is InChI=1S/C11H18O3/c1-6-9(11(2,3)4)10-7(13-6)5-8(12)14-10/h6-7,9-10H,5H2,1-4H3/t6?,7-,9+,10+/m1/s1. The molecule has 2 rings (SSSR count). The van der Waals surface area contributed by atoms with Crippen molar-refractivity contribution in [3.63, 3.8) is 0 Å². The van der Waals surface area contributed by atoms with E-state index in [0.717, 1.165) is 0 Å². The van der Waals surface area contributed by atoms with Crippen LogP contribution >= 0.6 is 0 Å². The van der Waals surface area contributed by atoms with Crippen LogP contribution in [0, 0.1) is 11.3 Å². The van der Waals surface area contributed by atoms with E-state index in [1.807, 2.05) is 0 Å². The minimum atomic E-state index is -0.110. The number of fused-ring (bicyclic) bond motifs is 1. The molecule has 0 saturated carbocycles. The second kappa shape index (κ2) is 2.96. The van der Waals surface area contributed by atoms with Gasteiger partial charge in [0.05, 0.1) is 12.5 Å². The molecular weight excluding hydrogens is 180 g/mol. The third-order valence-electron chi connectivity index (χ3n) is 3.25. The van der Waals surface area contributed by atoms with Crippen LogP contribution in [0.15, 0.2) is 0 Å². The van der Waals surface area contributed by atoms with Gasteiger partial charge in [-0.2, -0.15) is 0 Å². The molecule has 1 unspecified atom stereocenters. The molecule has 0 N–H and O–H groups in total. The number of hydrogen-bond donors (Lipinski definition) is 0. The van der Waals surface area contributed by atoms with Crippen molar-refractivity contribution in [3.8, 4) is 0 Å².